The summed E-state index contributed by atoms with van der Waals surface area (Å²) in [6, 6.07) is 0.388. The first-order chi connectivity index (χ1) is 12.2. The minimum Gasteiger partial charge on any atom is -0.378 e. The lowest BCUT2D eigenvalue weighted by atomic mass is 9.95. The summed E-state index contributed by atoms with van der Waals surface area (Å²) in [4.78, 5) is 4.34. The van der Waals surface area contributed by atoms with E-state index in [2.05, 4.69) is 15.6 Å². The predicted octanol–water partition coefficient (Wildman–Crippen LogP) is 2.97. The van der Waals surface area contributed by atoms with Crippen molar-refractivity contribution < 1.29 is 8.95 Å². The van der Waals surface area contributed by atoms with Gasteiger partial charge < -0.3 is 15.4 Å². The molecule has 2 aliphatic rings. The standard InChI is InChI=1S/C19H37N3O2S/c1-3-25(23)18-12-7-9-16(15-18)22-19(20-2)21-13-8-14-24-17-10-5-4-6-11-17/h16-18H,3-15H2,1-2H3,(H2,20,21,22). The minimum atomic E-state index is -0.678. The van der Waals surface area contributed by atoms with E-state index < -0.39 is 10.8 Å². The van der Waals surface area contributed by atoms with Crippen LogP contribution in [0.1, 0.15) is 71.1 Å². The van der Waals surface area contributed by atoms with Crippen LogP contribution in [-0.2, 0) is 15.5 Å². The molecule has 25 heavy (non-hydrogen) atoms. The van der Waals surface area contributed by atoms with Crippen molar-refractivity contribution >= 4 is 16.8 Å². The van der Waals surface area contributed by atoms with Crippen molar-refractivity contribution in [3.8, 4) is 0 Å². The number of nitrogens with one attached hydrogen (secondary N) is 2. The van der Waals surface area contributed by atoms with Gasteiger partial charge in [0.1, 0.15) is 0 Å². The normalized spacial score (nSPS) is 27.0. The zero-order valence-corrected chi connectivity index (χ0v) is 16.9. The summed E-state index contributed by atoms with van der Waals surface area (Å²) in [6.07, 6.45) is 12.4. The fraction of sp³-hybridized carbons (Fsp3) is 0.947. The smallest absolute Gasteiger partial charge is 0.191 e. The van der Waals surface area contributed by atoms with Crippen molar-refractivity contribution in [1.29, 1.82) is 0 Å². The van der Waals surface area contributed by atoms with Crippen LogP contribution in [0.4, 0.5) is 0 Å². The topological polar surface area (TPSA) is 62.7 Å². The average Bonchev–Trinajstić information content (AvgIpc) is 2.67. The van der Waals surface area contributed by atoms with Crippen LogP contribution in [0.5, 0.6) is 0 Å². The molecule has 0 radical (unpaired) electrons. The molecule has 2 rings (SSSR count). The van der Waals surface area contributed by atoms with Gasteiger partial charge in [-0.1, -0.05) is 32.6 Å². The molecule has 0 spiro atoms. The first-order valence-corrected chi connectivity index (χ1v) is 11.6. The first kappa shape index (κ1) is 20.7. The third kappa shape index (κ3) is 7.65. The highest BCUT2D eigenvalue weighted by Crippen LogP contribution is 2.23. The average molecular weight is 372 g/mol. The molecular formula is C19H37N3O2S. The molecule has 0 aliphatic heterocycles. The lowest BCUT2D eigenvalue weighted by Crippen LogP contribution is -2.47. The SMILES string of the molecule is CCS(=O)C1CCCC(NC(=NC)NCCCOC2CCCCC2)C1. The van der Waals surface area contributed by atoms with E-state index >= 15 is 0 Å². The van der Waals surface area contributed by atoms with Crippen LogP contribution in [0.2, 0.25) is 0 Å². The van der Waals surface area contributed by atoms with Crippen molar-refractivity contribution in [2.24, 2.45) is 4.99 Å². The second-order valence-electron chi connectivity index (χ2n) is 7.28. The lowest BCUT2D eigenvalue weighted by molar-refractivity contribution is 0.0277. The number of hydrogen-bond acceptors (Lipinski definition) is 3. The van der Waals surface area contributed by atoms with E-state index in [9.17, 15) is 4.21 Å². The summed E-state index contributed by atoms with van der Waals surface area (Å²) in [6.45, 7) is 3.72. The van der Waals surface area contributed by atoms with E-state index in [-0.39, 0.29) is 0 Å². The summed E-state index contributed by atoms with van der Waals surface area (Å²) in [5, 5.41) is 7.26. The molecule has 6 heteroatoms. The molecule has 0 saturated heterocycles. The Balaban J connectivity index is 1.60. The molecule has 2 N–H and O–H groups in total. The van der Waals surface area contributed by atoms with Crippen LogP contribution in [-0.4, -0.2) is 53.5 Å². The van der Waals surface area contributed by atoms with E-state index in [4.69, 9.17) is 4.74 Å². The lowest BCUT2D eigenvalue weighted by Gasteiger charge is -2.30. The molecule has 3 unspecified atom stereocenters. The molecule has 0 aromatic rings. The van der Waals surface area contributed by atoms with Gasteiger partial charge in [-0.05, 0) is 38.5 Å². The van der Waals surface area contributed by atoms with Crippen LogP contribution in [0.3, 0.4) is 0 Å². The highest BCUT2D eigenvalue weighted by molar-refractivity contribution is 7.85. The van der Waals surface area contributed by atoms with Crippen molar-refractivity contribution in [2.75, 3.05) is 26.0 Å². The predicted molar refractivity (Wildman–Crippen MR) is 107 cm³/mol. The van der Waals surface area contributed by atoms with E-state index in [1.54, 1.807) is 0 Å². The van der Waals surface area contributed by atoms with Crippen LogP contribution >= 0.6 is 0 Å². The maximum atomic E-state index is 12.1. The van der Waals surface area contributed by atoms with Gasteiger partial charge in [0.25, 0.3) is 0 Å². The van der Waals surface area contributed by atoms with Crippen molar-refractivity contribution in [2.45, 2.75) is 88.5 Å². The van der Waals surface area contributed by atoms with Crippen LogP contribution in [0.25, 0.3) is 0 Å². The molecule has 3 atom stereocenters. The molecule has 2 aliphatic carbocycles. The van der Waals surface area contributed by atoms with Gasteiger partial charge >= 0.3 is 0 Å². The summed E-state index contributed by atoms with van der Waals surface area (Å²) in [7, 11) is 1.14. The molecule has 2 fully saturated rings. The Kier molecular flexibility index (Phi) is 9.84. The van der Waals surface area contributed by atoms with E-state index in [0.717, 1.165) is 57.0 Å². The fourth-order valence-corrected chi connectivity index (χ4v) is 5.25. The second kappa shape index (κ2) is 11.9. The largest absolute Gasteiger partial charge is 0.378 e. The molecular weight excluding hydrogens is 334 g/mol. The molecule has 0 amide bonds. The zero-order chi connectivity index (χ0) is 17.9. The van der Waals surface area contributed by atoms with Gasteiger partial charge in [-0.15, -0.1) is 0 Å². The van der Waals surface area contributed by atoms with Crippen molar-refractivity contribution in [3.63, 3.8) is 0 Å². The maximum Gasteiger partial charge on any atom is 0.191 e. The van der Waals surface area contributed by atoms with Gasteiger partial charge in [-0.25, -0.2) is 0 Å². The Morgan fingerprint density at radius 1 is 1.16 bits per heavy atom. The molecule has 5 nitrogen and oxygen atoms in total. The highest BCUT2D eigenvalue weighted by Gasteiger charge is 2.26. The Morgan fingerprint density at radius 2 is 1.96 bits per heavy atom. The van der Waals surface area contributed by atoms with Gasteiger partial charge in [-0.3, -0.25) is 9.20 Å². The molecule has 0 aromatic carbocycles. The minimum absolute atomic E-state index is 0.346. The summed E-state index contributed by atoms with van der Waals surface area (Å²) >= 11 is 0. The van der Waals surface area contributed by atoms with E-state index in [0.29, 0.717) is 17.4 Å². The number of nitrogens with zero attached hydrogens (tertiary/aromatic N) is 1. The zero-order valence-electron chi connectivity index (χ0n) is 16.1. The maximum absolute atomic E-state index is 12.1. The molecule has 146 valence electrons. The van der Waals surface area contributed by atoms with Crippen LogP contribution in [0.15, 0.2) is 4.99 Å². The first-order valence-electron chi connectivity index (χ1n) is 10.2. The van der Waals surface area contributed by atoms with Gasteiger partial charge in [0.15, 0.2) is 5.96 Å². The second-order valence-corrected chi connectivity index (χ2v) is 9.29. The summed E-state index contributed by atoms with van der Waals surface area (Å²) in [5.41, 5.74) is 0. The Morgan fingerprint density at radius 3 is 2.68 bits per heavy atom. The Hall–Kier alpha value is -0.620. The van der Waals surface area contributed by atoms with Gasteiger partial charge in [0.05, 0.1) is 6.10 Å². The van der Waals surface area contributed by atoms with Crippen molar-refractivity contribution in [1.82, 2.24) is 10.6 Å². The quantitative estimate of drug-likeness (QED) is 0.391. The van der Waals surface area contributed by atoms with Crippen molar-refractivity contribution in [3.05, 3.63) is 0 Å². The van der Waals surface area contributed by atoms with E-state index in [1.165, 1.54) is 32.1 Å². The molecule has 2 saturated carbocycles. The summed E-state index contributed by atoms with van der Waals surface area (Å²) in [5.74, 6) is 1.64. The number of rotatable bonds is 8. The number of aliphatic imine (C=N–C) groups is 1. The Bertz CT molecular complexity index is 425. The number of hydrogen-bond donors (Lipinski definition) is 2. The van der Waals surface area contributed by atoms with Gasteiger partial charge in [0, 0.05) is 48.0 Å². The van der Waals surface area contributed by atoms with Crippen LogP contribution < -0.4 is 10.6 Å². The number of ether oxygens (including phenoxy) is 1. The van der Waals surface area contributed by atoms with E-state index in [1.807, 2.05) is 14.0 Å². The van der Waals surface area contributed by atoms with Crippen LogP contribution in [0, 0.1) is 0 Å². The van der Waals surface area contributed by atoms with Gasteiger partial charge in [-0.2, -0.15) is 0 Å². The Labute approximate surface area is 156 Å². The third-order valence-electron chi connectivity index (χ3n) is 5.37. The fourth-order valence-electron chi connectivity index (χ4n) is 3.90. The number of guanidine groups is 1. The third-order valence-corrected chi connectivity index (χ3v) is 7.11. The monoisotopic (exact) mass is 371 g/mol. The van der Waals surface area contributed by atoms with Gasteiger partial charge in [0.2, 0.25) is 0 Å². The molecule has 0 bridgehead atoms. The summed E-state index contributed by atoms with van der Waals surface area (Å²) < 4.78 is 18.0. The highest BCUT2D eigenvalue weighted by atomic mass is 32.2. The molecule has 0 heterocycles. The molecule has 0 aromatic heterocycles.